The number of hydrogen-bond donors (Lipinski definition) is 3. The van der Waals surface area contributed by atoms with E-state index in [0.717, 1.165) is 51.9 Å². The van der Waals surface area contributed by atoms with Crippen molar-refractivity contribution in [2.45, 2.75) is 57.5 Å². The Morgan fingerprint density at radius 3 is 1.37 bits per heavy atom. The second-order valence-electron chi connectivity index (χ2n) is 7.62. The van der Waals surface area contributed by atoms with E-state index in [1.54, 1.807) is 0 Å². The first-order valence-corrected chi connectivity index (χ1v) is 11.0. The van der Waals surface area contributed by atoms with Crippen molar-refractivity contribution in [3.63, 3.8) is 0 Å². The van der Waals surface area contributed by atoms with Gasteiger partial charge in [0.25, 0.3) is 0 Å². The summed E-state index contributed by atoms with van der Waals surface area (Å²) in [4.78, 5) is 0. The number of nitrogens with one attached hydrogen (secondary N) is 2. The van der Waals surface area contributed by atoms with Gasteiger partial charge in [-0.25, -0.2) is 0 Å². The molecule has 170 valence electrons. The van der Waals surface area contributed by atoms with Crippen molar-refractivity contribution in [1.82, 2.24) is 10.6 Å². The van der Waals surface area contributed by atoms with Crippen LogP contribution in [0.2, 0.25) is 0 Å². The fourth-order valence-electron chi connectivity index (χ4n) is 3.38. The minimum absolute atomic E-state index is 0. The van der Waals surface area contributed by atoms with Gasteiger partial charge in [-0.1, -0.05) is 60.7 Å². The predicted molar refractivity (Wildman–Crippen MR) is 134 cm³/mol. The Hall–Kier alpha value is -1.10. The Balaban J connectivity index is 0.00000420. The Morgan fingerprint density at radius 2 is 0.967 bits per heavy atom. The van der Waals surface area contributed by atoms with Gasteiger partial charge in [-0.15, -0.1) is 24.8 Å². The van der Waals surface area contributed by atoms with Crippen LogP contribution in [-0.4, -0.2) is 37.4 Å². The van der Waals surface area contributed by atoms with Gasteiger partial charge < -0.3 is 15.7 Å². The van der Waals surface area contributed by atoms with Crippen LogP contribution in [0.1, 0.15) is 49.7 Å². The molecule has 0 bridgehead atoms. The van der Waals surface area contributed by atoms with Crippen LogP contribution in [0, 0.1) is 0 Å². The maximum Gasteiger partial charge on any atom is 0.0564 e. The maximum atomic E-state index is 10.1. The van der Waals surface area contributed by atoms with Crippen LogP contribution >= 0.6 is 24.8 Å². The van der Waals surface area contributed by atoms with Crippen LogP contribution in [0.3, 0.4) is 0 Å². The number of benzene rings is 2. The Bertz CT molecular complexity index is 545. The second kappa shape index (κ2) is 19.8. The van der Waals surface area contributed by atoms with Gasteiger partial charge in [0.05, 0.1) is 6.10 Å². The van der Waals surface area contributed by atoms with Crippen molar-refractivity contribution in [2.75, 3.05) is 26.2 Å². The normalized spacial score (nSPS) is 10.5. The summed E-state index contributed by atoms with van der Waals surface area (Å²) in [5.74, 6) is 0. The van der Waals surface area contributed by atoms with E-state index in [2.05, 4.69) is 71.3 Å². The zero-order chi connectivity index (χ0) is 19.7. The average molecular weight is 456 g/mol. The summed E-state index contributed by atoms with van der Waals surface area (Å²) >= 11 is 0. The summed E-state index contributed by atoms with van der Waals surface area (Å²) in [6.45, 7) is 3.89. The van der Waals surface area contributed by atoms with E-state index >= 15 is 0 Å². The Labute approximate surface area is 195 Å². The molecule has 0 aliphatic carbocycles. The number of rotatable bonds is 16. The number of aliphatic hydroxyl groups excluding tert-OH is 1. The summed E-state index contributed by atoms with van der Waals surface area (Å²) in [6.07, 6.45) is 8.60. The Kier molecular flexibility index (Phi) is 19.1. The van der Waals surface area contributed by atoms with Crippen molar-refractivity contribution in [3.05, 3.63) is 71.8 Å². The molecule has 0 unspecified atom stereocenters. The minimum atomic E-state index is -0.200. The lowest BCUT2D eigenvalue weighted by Gasteiger charge is -2.12. The first kappa shape index (κ1) is 28.9. The van der Waals surface area contributed by atoms with Crippen LogP contribution in [0.5, 0.6) is 0 Å². The topological polar surface area (TPSA) is 44.3 Å². The molecular formula is C25H40Cl2N2O. The summed E-state index contributed by atoms with van der Waals surface area (Å²) in [5.41, 5.74) is 2.84. The third kappa shape index (κ3) is 14.8. The van der Waals surface area contributed by atoms with Crippen LogP contribution in [-0.2, 0) is 12.8 Å². The van der Waals surface area contributed by atoms with E-state index < -0.39 is 0 Å². The second-order valence-corrected chi connectivity index (χ2v) is 7.62. The SMILES string of the molecule is Cl.Cl.OC(CCNCCCCc1ccccc1)CCNCCCCc1ccccc1. The molecule has 0 spiro atoms. The van der Waals surface area contributed by atoms with Gasteiger partial charge in [0.1, 0.15) is 0 Å². The molecule has 0 aliphatic heterocycles. The zero-order valence-electron chi connectivity index (χ0n) is 18.1. The zero-order valence-corrected chi connectivity index (χ0v) is 19.7. The highest BCUT2D eigenvalue weighted by atomic mass is 35.5. The number of hydrogen-bond acceptors (Lipinski definition) is 3. The maximum absolute atomic E-state index is 10.1. The van der Waals surface area contributed by atoms with Gasteiger partial charge in [0.2, 0.25) is 0 Å². The van der Waals surface area contributed by atoms with Crippen molar-refractivity contribution in [2.24, 2.45) is 0 Å². The van der Waals surface area contributed by atoms with Crippen molar-refractivity contribution < 1.29 is 5.11 Å². The first-order chi connectivity index (χ1) is 13.8. The minimum Gasteiger partial charge on any atom is -0.393 e. The largest absolute Gasteiger partial charge is 0.393 e. The molecule has 3 nitrogen and oxygen atoms in total. The van der Waals surface area contributed by atoms with Crippen LogP contribution in [0.4, 0.5) is 0 Å². The third-order valence-electron chi connectivity index (χ3n) is 5.13. The molecule has 0 aromatic heterocycles. The summed E-state index contributed by atoms with van der Waals surface area (Å²) in [7, 11) is 0. The van der Waals surface area contributed by atoms with Crippen LogP contribution < -0.4 is 10.6 Å². The van der Waals surface area contributed by atoms with E-state index in [9.17, 15) is 5.11 Å². The molecule has 30 heavy (non-hydrogen) atoms. The Morgan fingerprint density at radius 1 is 0.567 bits per heavy atom. The predicted octanol–water partition coefficient (Wildman–Crippen LogP) is 5.20. The molecular weight excluding hydrogens is 415 g/mol. The molecule has 0 saturated heterocycles. The van der Waals surface area contributed by atoms with Crippen molar-refractivity contribution in [3.8, 4) is 0 Å². The van der Waals surface area contributed by atoms with Gasteiger partial charge in [0, 0.05) is 0 Å². The molecule has 2 aromatic rings. The summed E-state index contributed by atoms with van der Waals surface area (Å²) < 4.78 is 0. The first-order valence-electron chi connectivity index (χ1n) is 11.0. The highest BCUT2D eigenvalue weighted by molar-refractivity contribution is 5.85. The van der Waals surface area contributed by atoms with E-state index in [1.165, 1.54) is 36.8 Å². The number of aliphatic hydroxyl groups is 1. The quantitative estimate of drug-likeness (QED) is 0.305. The smallest absolute Gasteiger partial charge is 0.0564 e. The third-order valence-corrected chi connectivity index (χ3v) is 5.13. The molecule has 0 aliphatic rings. The van der Waals surface area contributed by atoms with E-state index in [1.807, 2.05) is 0 Å². The highest BCUT2D eigenvalue weighted by Crippen LogP contribution is 2.05. The molecule has 0 amide bonds. The lowest BCUT2D eigenvalue weighted by Crippen LogP contribution is -2.25. The molecule has 3 N–H and O–H groups in total. The molecule has 0 atom stereocenters. The van der Waals surface area contributed by atoms with Gasteiger partial charge in [-0.3, -0.25) is 0 Å². The van der Waals surface area contributed by atoms with E-state index in [0.29, 0.717) is 0 Å². The fourth-order valence-corrected chi connectivity index (χ4v) is 3.38. The molecule has 0 radical (unpaired) electrons. The van der Waals surface area contributed by atoms with Gasteiger partial charge in [-0.2, -0.15) is 0 Å². The standard InChI is InChI=1S/C25H38N2O.2ClH/c28-25(17-21-26-19-9-7-15-23-11-3-1-4-12-23)18-22-27-20-10-8-16-24-13-5-2-6-14-24;;/h1-6,11-14,25-28H,7-10,15-22H2;2*1H. The van der Waals surface area contributed by atoms with E-state index in [4.69, 9.17) is 0 Å². The molecule has 5 heteroatoms. The lowest BCUT2D eigenvalue weighted by molar-refractivity contribution is 0.153. The number of aryl methyl sites for hydroxylation is 2. The fraction of sp³-hybridized carbons (Fsp3) is 0.520. The summed E-state index contributed by atoms with van der Waals surface area (Å²) in [6, 6.07) is 21.3. The van der Waals surface area contributed by atoms with Crippen LogP contribution in [0.15, 0.2) is 60.7 Å². The van der Waals surface area contributed by atoms with Gasteiger partial charge >= 0.3 is 0 Å². The molecule has 0 fully saturated rings. The molecule has 2 aromatic carbocycles. The van der Waals surface area contributed by atoms with Gasteiger partial charge in [-0.05, 0) is 88.7 Å². The number of unbranched alkanes of at least 4 members (excludes halogenated alkanes) is 2. The lowest BCUT2D eigenvalue weighted by atomic mass is 10.1. The highest BCUT2D eigenvalue weighted by Gasteiger charge is 2.03. The van der Waals surface area contributed by atoms with Crippen LogP contribution in [0.25, 0.3) is 0 Å². The van der Waals surface area contributed by atoms with Gasteiger partial charge in [0.15, 0.2) is 0 Å². The number of halogens is 2. The van der Waals surface area contributed by atoms with Crippen molar-refractivity contribution in [1.29, 1.82) is 0 Å². The van der Waals surface area contributed by atoms with Crippen molar-refractivity contribution >= 4 is 24.8 Å². The average Bonchev–Trinajstić information content (AvgIpc) is 2.74. The molecule has 0 saturated carbocycles. The molecule has 0 heterocycles. The summed E-state index contributed by atoms with van der Waals surface area (Å²) in [5, 5.41) is 17.0. The monoisotopic (exact) mass is 454 g/mol. The van der Waals surface area contributed by atoms with E-state index in [-0.39, 0.29) is 30.9 Å². The molecule has 2 rings (SSSR count).